The van der Waals surface area contributed by atoms with Crippen LogP contribution in [-0.4, -0.2) is 32.9 Å². The molecule has 1 atom stereocenters. The largest absolute Gasteiger partial charge is 0.443 e. The highest BCUT2D eigenvalue weighted by Crippen LogP contribution is 2.25. The zero-order chi connectivity index (χ0) is 18.5. The van der Waals surface area contributed by atoms with E-state index in [2.05, 4.69) is 17.3 Å². The lowest BCUT2D eigenvalue weighted by Gasteiger charge is -2.31. The number of nitrogens with zero attached hydrogens (tertiary/aromatic N) is 2. The molecular formula is C17H30N4O3. The van der Waals surface area contributed by atoms with E-state index < -0.39 is 17.6 Å². The molecule has 0 aliphatic heterocycles. The predicted molar refractivity (Wildman–Crippen MR) is 92.7 cm³/mol. The van der Waals surface area contributed by atoms with Gasteiger partial charge in [-0.05, 0) is 40.5 Å². The number of unbranched alkanes of at least 4 members (excludes halogenated alkanes) is 1. The fraction of sp³-hybridized carbons (Fsp3) is 0.706. The van der Waals surface area contributed by atoms with Crippen molar-refractivity contribution in [2.75, 3.05) is 0 Å². The van der Waals surface area contributed by atoms with Crippen LogP contribution in [0.25, 0.3) is 0 Å². The lowest BCUT2D eigenvalue weighted by Crippen LogP contribution is -2.46. The van der Waals surface area contributed by atoms with Crippen molar-refractivity contribution in [1.82, 2.24) is 15.1 Å². The van der Waals surface area contributed by atoms with E-state index >= 15 is 0 Å². The van der Waals surface area contributed by atoms with E-state index in [4.69, 9.17) is 10.5 Å². The molecule has 7 heteroatoms. The number of nitrogens with one attached hydrogen (secondary N) is 1. The number of amides is 2. The van der Waals surface area contributed by atoms with Crippen LogP contribution in [0.4, 0.5) is 4.79 Å². The number of carbonyl (C=O) groups excluding carboxylic acids is 2. The summed E-state index contributed by atoms with van der Waals surface area (Å²) in [7, 11) is 1.73. The highest BCUT2D eigenvalue weighted by Gasteiger charge is 2.32. The Morgan fingerprint density at radius 3 is 2.46 bits per heavy atom. The number of ether oxygens (including phenoxy) is 1. The number of carbonyl (C=O) groups is 2. The fourth-order valence-electron chi connectivity index (χ4n) is 2.51. The van der Waals surface area contributed by atoms with E-state index in [-0.39, 0.29) is 5.54 Å². The molecule has 7 nitrogen and oxygen atoms in total. The lowest BCUT2D eigenvalue weighted by molar-refractivity contribution is 0.0130. The molecule has 0 aliphatic carbocycles. The van der Waals surface area contributed by atoms with E-state index in [0.717, 1.165) is 12.8 Å². The lowest BCUT2D eigenvalue weighted by atomic mass is 9.92. The summed E-state index contributed by atoms with van der Waals surface area (Å²) in [5.41, 5.74) is 5.19. The summed E-state index contributed by atoms with van der Waals surface area (Å²) in [4.78, 5) is 23.8. The van der Waals surface area contributed by atoms with Gasteiger partial charge < -0.3 is 15.8 Å². The summed E-state index contributed by atoms with van der Waals surface area (Å²) in [5.74, 6) is -0.532. The Morgan fingerprint density at radius 1 is 1.33 bits per heavy atom. The average Bonchev–Trinajstić information content (AvgIpc) is 2.74. The van der Waals surface area contributed by atoms with Gasteiger partial charge in [0.1, 0.15) is 5.60 Å². The number of alkyl carbamates (subject to hydrolysis) is 1. The van der Waals surface area contributed by atoms with E-state index in [1.807, 2.05) is 27.7 Å². The van der Waals surface area contributed by atoms with Gasteiger partial charge in [0.2, 0.25) is 0 Å². The summed E-state index contributed by atoms with van der Waals surface area (Å²) in [6.45, 7) is 9.61. The van der Waals surface area contributed by atoms with Gasteiger partial charge in [-0.25, -0.2) is 4.79 Å². The molecule has 3 N–H and O–H groups in total. The first-order valence-corrected chi connectivity index (χ1v) is 8.29. The SMILES string of the molecule is CCCC[C@](C)(Cc1nn(C)cc1C(N)=O)OC(=O)NC(C)(C)C. The zero-order valence-electron chi connectivity index (χ0n) is 15.6. The molecular weight excluding hydrogens is 308 g/mol. The first-order chi connectivity index (χ1) is 11.0. The first kappa shape index (κ1) is 20.0. The molecule has 0 fully saturated rings. The van der Waals surface area contributed by atoms with Crippen molar-refractivity contribution in [3.8, 4) is 0 Å². The summed E-state index contributed by atoms with van der Waals surface area (Å²) < 4.78 is 7.26. The van der Waals surface area contributed by atoms with E-state index in [1.165, 1.54) is 0 Å². The van der Waals surface area contributed by atoms with Crippen LogP contribution in [0.3, 0.4) is 0 Å². The van der Waals surface area contributed by atoms with Crippen molar-refractivity contribution in [2.24, 2.45) is 12.8 Å². The van der Waals surface area contributed by atoms with E-state index in [0.29, 0.717) is 24.1 Å². The second-order valence-corrected chi connectivity index (χ2v) is 7.52. The first-order valence-electron chi connectivity index (χ1n) is 8.29. The van der Waals surface area contributed by atoms with Crippen LogP contribution >= 0.6 is 0 Å². The Bertz CT molecular complexity index is 589. The van der Waals surface area contributed by atoms with Gasteiger partial charge in [0.25, 0.3) is 5.91 Å². The summed E-state index contributed by atoms with van der Waals surface area (Å²) >= 11 is 0. The van der Waals surface area contributed by atoms with E-state index in [1.54, 1.807) is 17.9 Å². The monoisotopic (exact) mass is 338 g/mol. The standard InChI is InChI=1S/C17H30N4O3/c1-7-8-9-17(5,24-15(23)19-16(2,3)4)10-13-12(14(18)22)11-21(6)20-13/h11H,7-10H2,1-6H3,(H2,18,22)(H,19,23)/t17-/m1/s1. The van der Waals surface area contributed by atoms with Gasteiger partial charge in [-0.1, -0.05) is 13.3 Å². The van der Waals surface area contributed by atoms with Crippen molar-refractivity contribution >= 4 is 12.0 Å². The molecule has 0 aliphatic rings. The van der Waals surface area contributed by atoms with Gasteiger partial charge in [0.05, 0.1) is 11.3 Å². The molecule has 0 radical (unpaired) electrons. The molecule has 1 heterocycles. The van der Waals surface area contributed by atoms with Crippen molar-refractivity contribution in [3.63, 3.8) is 0 Å². The molecule has 0 spiro atoms. The summed E-state index contributed by atoms with van der Waals surface area (Å²) in [6.07, 6.45) is 4.01. The van der Waals surface area contributed by atoms with Crippen LogP contribution in [0, 0.1) is 0 Å². The number of primary amides is 1. The van der Waals surface area contributed by atoms with Crippen LogP contribution < -0.4 is 11.1 Å². The maximum absolute atomic E-state index is 12.2. The van der Waals surface area contributed by atoms with Gasteiger partial charge in [-0.15, -0.1) is 0 Å². The number of aryl methyl sites for hydroxylation is 1. The van der Waals surface area contributed by atoms with Gasteiger partial charge in [-0.2, -0.15) is 5.10 Å². The number of aromatic nitrogens is 2. The van der Waals surface area contributed by atoms with Gasteiger partial charge in [-0.3, -0.25) is 9.48 Å². The molecule has 0 unspecified atom stereocenters. The molecule has 0 aromatic carbocycles. The topological polar surface area (TPSA) is 99.2 Å². The molecule has 1 aromatic rings. The summed E-state index contributed by atoms with van der Waals surface area (Å²) in [6, 6.07) is 0. The molecule has 0 saturated carbocycles. The molecule has 24 heavy (non-hydrogen) atoms. The van der Waals surface area contributed by atoms with Gasteiger partial charge in [0.15, 0.2) is 0 Å². The van der Waals surface area contributed by atoms with Crippen LogP contribution in [0.2, 0.25) is 0 Å². The van der Waals surface area contributed by atoms with Crippen molar-refractivity contribution < 1.29 is 14.3 Å². The van der Waals surface area contributed by atoms with Crippen LogP contribution in [0.1, 0.15) is 69.9 Å². The summed E-state index contributed by atoms with van der Waals surface area (Å²) in [5, 5.41) is 7.11. The predicted octanol–water partition coefficient (Wildman–Crippen LogP) is 2.54. The van der Waals surface area contributed by atoms with Crippen LogP contribution in [0.5, 0.6) is 0 Å². The Balaban J connectivity index is 2.99. The van der Waals surface area contributed by atoms with Crippen LogP contribution in [-0.2, 0) is 18.2 Å². The third-order valence-corrected chi connectivity index (χ3v) is 3.59. The quantitative estimate of drug-likeness (QED) is 0.798. The zero-order valence-corrected chi connectivity index (χ0v) is 15.6. The highest BCUT2D eigenvalue weighted by molar-refractivity contribution is 5.93. The minimum absolute atomic E-state index is 0.337. The minimum atomic E-state index is -0.760. The Morgan fingerprint density at radius 2 is 1.96 bits per heavy atom. The number of nitrogens with two attached hydrogens (primary N) is 1. The second kappa shape index (κ2) is 7.68. The Hall–Kier alpha value is -2.05. The average molecular weight is 338 g/mol. The fourth-order valence-corrected chi connectivity index (χ4v) is 2.51. The number of hydrogen-bond donors (Lipinski definition) is 2. The molecule has 2 amide bonds. The Kier molecular flexibility index (Phi) is 6.40. The molecule has 0 bridgehead atoms. The maximum atomic E-state index is 12.2. The number of hydrogen-bond acceptors (Lipinski definition) is 4. The molecule has 136 valence electrons. The second-order valence-electron chi connectivity index (χ2n) is 7.52. The Labute approximate surface area is 143 Å². The van der Waals surface area contributed by atoms with Gasteiger partial charge in [0, 0.05) is 25.2 Å². The molecule has 1 rings (SSSR count). The molecule has 0 saturated heterocycles. The normalized spacial score (nSPS) is 14.1. The van der Waals surface area contributed by atoms with Crippen molar-refractivity contribution in [2.45, 2.75) is 71.4 Å². The van der Waals surface area contributed by atoms with E-state index in [9.17, 15) is 9.59 Å². The van der Waals surface area contributed by atoms with Gasteiger partial charge >= 0.3 is 6.09 Å². The molecule has 1 aromatic heterocycles. The number of rotatable bonds is 7. The smallest absolute Gasteiger partial charge is 0.408 e. The third kappa shape index (κ3) is 6.22. The third-order valence-electron chi connectivity index (χ3n) is 3.59. The van der Waals surface area contributed by atoms with Crippen LogP contribution in [0.15, 0.2) is 6.20 Å². The maximum Gasteiger partial charge on any atom is 0.408 e. The van der Waals surface area contributed by atoms with Crippen molar-refractivity contribution in [1.29, 1.82) is 0 Å². The highest BCUT2D eigenvalue weighted by atomic mass is 16.6. The van der Waals surface area contributed by atoms with Crippen molar-refractivity contribution in [3.05, 3.63) is 17.5 Å². The minimum Gasteiger partial charge on any atom is -0.443 e.